The van der Waals surface area contributed by atoms with Crippen LogP contribution >= 0.6 is 0 Å². The lowest BCUT2D eigenvalue weighted by atomic mass is 9.97. The first-order chi connectivity index (χ1) is 12.1. The minimum Gasteiger partial charge on any atom is -0.494 e. The molecule has 0 aliphatic carbocycles. The number of rotatable bonds is 6. The first-order valence-electron chi connectivity index (χ1n) is 8.62. The van der Waals surface area contributed by atoms with Gasteiger partial charge < -0.3 is 9.47 Å². The molecule has 134 valence electrons. The molecule has 0 bridgehead atoms. The van der Waals surface area contributed by atoms with Gasteiger partial charge in [-0.05, 0) is 62.5 Å². The van der Waals surface area contributed by atoms with Crippen LogP contribution in [0.4, 0.5) is 4.39 Å². The summed E-state index contributed by atoms with van der Waals surface area (Å²) in [6.07, 6.45) is 2.16. The summed E-state index contributed by atoms with van der Waals surface area (Å²) in [4.78, 5) is 2.38. The van der Waals surface area contributed by atoms with Gasteiger partial charge in [0.05, 0.1) is 19.4 Å². The number of benzene rings is 1. The highest BCUT2D eigenvalue weighted by atomic mass is 19.1. The number of aromatic nitrogens is 2. The minimum absolute atomic E-state index is 0.306. The Morgan fingerprint density at radius 3 is 2.64 bits per heavy atom. The van der Waals surface area contributed by atoms with Crippen molar-refractivity contribution in [1.29, 1.82) is 0 Å². The standard InChI is InChI=1S/C19H24FN3O2/c1-14-3-6-19(22-21-14)25-13-15-7-9-23(10-8-15)12-16-4-5-17(20)18(11-16)24-2/h3-6,11,15H,7-10,12-13H2,1-2H3. The number of methoxy groups -OCH3 is 1. The van der Waals surface area contributed by atoms with Crippen molar-refractivity contribution in [3.8, 4) is 11.6 Å². The Morgan fingerprint density at radius 2 is 1.96 bits per heavy atom. The lowest BCUT2D eigenvalue weighted by Crippen LogP contribution is -2.35. The Balaban J connectivity index is 1.44. The number of ether oxygens (including phenoxy) is 2. The quantitative estimate of drug-likeness (QED) is 0.804. The van der Waals surface area contributed by atoms with Crippen molar-refractivity contribution < 1.29 is 13.9 Å². The fraction of sp³-hybridized carbons (Fsp3) is 0.474. The van der Waals surface area contributed by atoms with Gasteiger partial charge in [0, 0.05) is 12.6 Å². The molecule has 2 aromatic rings. The molecule has 0 atom stereocenters. The van der Waals surface area contributed by atoms with Crippen LogP contribution in [0.15, 0.2) is 30.3 Å². The molecule has 1 aromatic carbocycles. The number of hydrogen-bond donors (Lipinski definition) is 0. The molecule has 1 fully saturated rings. The summed E-state index contributed by atoms with van der Waals surface area (Å²) in [7, 11) is 1.49. The van der Waals surface area contributed by atoms with E-state index in [1.54, 1.807) is 6.07 Å². The molecule has 0 radical (unpaired) electrons. The predicted molar refractivity (Wildman–Crippen MR) is 93.2 cm³/mol. The van der Waals surface area contributed by atoms with E-state index in [0.29, 0.717) is 24.2 Å². The van der Waals surface area contributed by atoms with E-state index >= 15 is 0 Å². The molecule has 6 heteroatoms. The summed E-state index contributed by atoms with van der Waals surface area (Å²) >= 11 is 0. The maximum absolute atomic E-state index is 13.5. The second-order valence-corrected chi connectivity index (χ2v) is 6.51. The van der Waals surface area contributed by atoms with Gasteiger partial charge in [-0.2, -0.15) is 5.10 Å². The molecule has 25 heavy (non-hydrogen) atoms. The van der Waals surface area contributed by atoms with Crippen LogP contribution in [0.5, 0.6) is 11.6 Å². The molecule has 1 aromatic heterocycles. The van der Waals surface area contributed by atoms with E-state index in [1.165, 1.54) is 13.2 Å². The average Bonchev–Trinajstić information content (AvgIpc) is 2.64. The lowest BCUT2D eigenvalue weighted by molar-refractivity contribution is 0.134. The maximum atomic E-state index is 13.5. The first-order valence-corrected chi connectivity index (χ1v) is 8.62. The Labute approximate surface area is 147 Å². The van der Waals surface area contributed by atoms with Crippen LogP contribution in [0.2, 0.25) is 0 Å². The largest absolute Gasteiger partial charge is 0.494 e. The molecule has 3 rings (SSSR count). The molecule has 0 saturated carbocycles. The van der Waals surface area contributed by atoms with E-state index in [2.05, 4.69) is 15.1 Å². The Hall–Kier alpha value is -2.21. The molecular weight excluding hydrogens is 321 g/mol. The van der Waals surface area contributed by atoms with E-state index in [4.69, 9.17) is 9.47 Å². The summed E-state index contributed by atoms with van der Waals surface area (Å²) in [5.74, 6) is 1.11. The van der Waals surface area contributed by atoms with Crippen molar-refractivity contribution in [3.63, 3.8) is 0 Å². The predicted octanol–water partition coefficient (Wildman–Crippen LogP) is 3.22. The number of nitrogens with zero attached hydrogens (tertiary/aromatic N) is 3. The van der Waals surface area contributed by atoms with Gasteiger partial charge in [-0.3, -0.25) is 4.90 Å². The Morgan fingerprint density at radius 1 is 1.16 bits per heavy atom. The van der Waals surface area contributed by atoms with E-state index in [0.717, 1.165) is 43.7 Å². The second kappa shape index (κ2) is 8.25. The van der Waals surface area contributed by atoms with Crippen LogP contribution in [-0.2, 0) is 6.54 Å². The summed E-state index contributed by atoms with van der Waals surface area (Å²) in [5, 5.41) is 8.03. The number of hydrogen-bond acceptors (Lipinski definition) is 5. The van der Waals surface area contributed by atoms with Crippen molar-refractivity contribution in [1.82, 2.24) is 15.1 Å². The zero-order chi connectivity index (χ0) is 17.6. The van der Waals surface area contributed by atoms with Crippen LogP contribution in [0.1, 0.15) is 24.1 Å². The third-order valence-electron chi connectivity index (χ3n) is 4.57. The normalized spacial score (nSPS) is 16.0. The molecule has 5 nitrogen and oxygen atoms in total. The third-order valence-corrected chi connectivity index (χ3v) is 4.57. The van der Waals surface area contributed by atoms with Gasteiger partial charge in [-0.15, -0.1) is 5.10 Å². The zero-order valence-electron chi connectivity index (χ0n) is 14.7. The van der Waals surface area contributed by atoms with Crippen LogP contribution in [0.3, 0.4) is 0 Å². The van der Waals surface area contributed by atoms with Crippen molar-refractivity contribution in [2.45, 2.75) is 26.3 Å². The van der Waals surface area contributed by atoms with Gasteiger partial charge in [0.2, 0.25) is 5.88 Å². The zero-order valence-corrected chi connectivity index (χ0v) is 14.7. The van der Waals surface area contributed by atoms with Crippen LogP contribution in [-0.4, -0.2) is 41.9 Å². The third kappa shape index (κ3) is 4.89. The van der Waals surface area contributed by atoms with Gasteiger partial charge in [0.15, 0.2) is 11.6 Å². The average molecular weight is 345 g/mol. The van der Waals surface area contributed by atoms with Gasteiger partial charge in [0.25, 0.3) is 0 Å². The van der Waals surface area contributed by atoms with E-state index in [9.17, 15) is 4.39 Å². The highest BCUT2D eigenvalue weighted by molar-refractivity contribution is 5.30. The molecule has 1 saturated heterocycles. The van der Waals surface area contributed by atoms with Gasteiger partial charge >= 0.3 is 0 Å². The Kier molecular flexibility index (Phi) is 5.81. The smallest absolute Gasteiger partial charge is 0.233 e. The first kappa shape index (κ1) is 17.6. The highest BCUT2D eigenvalue weighted by Gasteiger charge is 2.20. The topological polar surface area (TPSA) is 47.5 Å². The van der Waals surface area contributed by atoms with E-state index < -0.39 is 0 Å². The van der Waals surface area contributed by atoms with Gasteiger partial charge in [0.1, 0.15) is 0 Å². The van der Waals surface area contributed by atoms with Crippen LogP contribution < -0.4 is 9.47 Å². The molecule has 0 amide bonds. The summed E-state index contributed by atoms with van der Waals surface area (Å²) in [6, 6.07) is 8.84. The molecule has 1 aliphatic rings. The SMILES string of the molecule is COc1cc(CN2CCC(COc3ccc(C)nn3)CC2)ccc1F. The van der Waals surface area contributed by atoms with Gasteiger partial charge in [-0.1, -0.05) is 6.07 Å². The maximum Gasteiger partial charge on any atom is 0.233 e. The summed E-state index contributed by atoms with van der Waals surface area (Å²) in [5.41, 5.74) is 1.96. The van der Waals surface area contributed by atoms with Crippen molar-refractivity contribution >= 4 is 0 Å². The van der Waals surface area contributed by atoms with Crippen LogP contribution in [0.25, 0.3) is 0 Å². The fourth-order valence-corrected chi connectivity index (χ4v) is 3.04. The molecule has 2 heterocycles. The fourth-order valence-electron chi connectivity index (χ4n) is 3.04. The number of aryl methyl sites for hydroxylation is 1. The summed E-state index contributed by atoms with van der Waals surface area (Å²) in [6.45, 7) is 5.41. The molecule has 0 spiro atoms. The van der Waals surface area contributed by atoms with Crippen LogP contribution in [0, 0.1) is 18.7 Å². The van der Waals surface area contributed by atoms with Gasteiger partial charge in [-0.25, -0.2) is 4.39 Å². The number of likely N-dealkylation sites (tertiary alicyclic amines) is 1. The van der Waals surface area contributed by atoms with Crippen molar-refractivity contribution in [2.75, 3.05) is 26.8 Å². The van der Waals surface area contributed by atoms with E-state index in [1.807, 2.05) is 25.1 Å². The molecular formula is C19H24FN3O2. The highest BCUT2D eigenvalue weighted by Crippen LogP contribution is 2.23. The monoisotopic (exact) mass is 345 g/mol. The van der Waals surface area contributed by atoms with Crippen molar-refractivity contribution in [3.05, 3.63) is 47.4 Å². The molecule has 0 N–H and O–H groups in total. The Bertz CT molecular complexity index is 686. The van der Waals surface area contributed by atoms with E-state index in [-0.39, 0.29) is 5.82 Å². The second-order valence-electron chi connectivity index (χ2n) is 6.51. The number of piperidine rings is 1. The summed E-state index contributed by atoms with van der Waals surface area (Å²) < 4.78 is 24.3. The molecule has 1 aliphatic heterocycles. The lowest BCUT2D eigenvalue weighted by Gasteiger charge is -2.31. The minimum atomic E-state index is -0.318. The number of halogens is 1. The molecule has 0 unspecified atom stereocenters. The van der Waals surface area contributed by atoms with Crippen molar-refractivity contribution in [2.24, 2.45) is 5.92 Å².